The van der Waals surface area contributed by atoms with Gasteiger partial charge in [0.25, 0.3) is 5.91 Å². The van der Waals surface area contributed by atoms with Crippen LogP contribution in [-0.4, -0.2) is 56.2 Å². The first-order chi connectivity index (χ1) is 14.0. The van der Waals surface area contributed by atoms with Gasteiger partial charge in [-0.05, 0) is 24.3 Å². The summed E-state index contributed by atoms with van der Waals surface area (Å²) in [4.78, 5) is 21.2. The van der Waals surface area contributed by atoms with E-state index in [-0.39, 0.29) is 16.5 Å². The van der Waals surface area contributed by atoms with Crippen LogP contribution in [0.4, 0.5) is 9.52 Å². The van der Waals surface area contributed by atoms with E-state index in [0.717, 1.165) is 21.1 Å². The molecule has 152 valence electrons. The number of aromatic nitrogens is 1. The van der Waals surface area contributed by atoms with Crippen molar-refractivity contribution in [2.24, 2.45) is 0 Å². The van der Waals surface area contributed by atoms with E-state index in [1.807, 2.05) is 12.1 Å². The minimum atomic E-state index is -0.602. The molecule has 6 nitrogen and oxygen atoms in total. The molecule has 1 fully saturated rings. The van der Waals surface area contributed by atoms with E-state index in [9.17, 15) is 9.18 Å². The fourth-order valence-corrected chi connectivity index (χ4v) is 4.74. The number of anilines is 1. The minimum absolute atomic E-state index is 0.0722. The van der Waals surface area contributed by atoms with Gasteiger partial charge in [0.2, 0.25) is 0 Å². The second-order valence-corrected chi connectivity index (χ2v) is 7.90. The van der Waals surface area contributed by atoms with Crippen LogP contribution in [0.2, 0.25) is 5.02 Å². The number of halogens is 2. The van der Waals surface area contributed by atoms with E-state index >= 15 is 0 Å². The summed E-state index contributed by atoms with van der Waals surface area (Å²) in [5.41, 5.74) is 0.681. The number of nitrogens with zero attached hydrogens (tertiary/aromatic N) is 3. The molecule has 0 unspecified atom stereocenters. The number of hydrogen-bond acceptors (Lipinski definition) is 6. The Morgan fingerprint density at radius 3 is 2.45 bits per heavy atom. The van der Waals surface area contributed by atoms with E-state index in [2.05, 4.69) is 4.90 Å². The number of methoxy groups -OCH3 is 2. The van der Waals surface area contributed by atoms with Crippen molar-refractivity contribution in [2.75, 3.05) is 45.3 Å². The number of benzene rings is 2. The molecular weight excluding hydrogens is 417 g/mol. The van der Waals surface area contributed by atoms with Gasteiger partial charge >= 0.3 is 0 Å². The third kappa shape index (κ3) is 3.58. The first kappa shape index (κ1) is 19.7. The van der Waals surface area contributed by atoms with Crippen molar-refractivity contribution in [1.29, 1.82) is 0 Å². The van der Waals surface area contributed by atoms with Crippen molar-refractivity contribution >= 4 is 44.2 Å². The molecule has 1 amide bonds. The summed E-state index contributed by atoms with van der Waals surface area (Å²) < 4.78 is 25.9. The lowest BCUT2D eigenvalue weighted by atomic mass is 10.1. The van der Waals surface area contributed by atoms with E-state index < -0.39 is 5.82 Å². The van der Waals surface area contributed by atoms with Crippen molar-refractivity contribution in [3.8, 4) is 11.5 Å². The molecule has 1 aromatic heterocycles. The highest BCUT2D eigenvalue weighted by Gasteiger charge is 2.27. The van der Waals surface area contributed by atoms with Gasteiger partial charge in [-0.1, -0.05) is 29.0 Å². The second kappa shape index (κ2) is 8.04. The molecule has 1 saturated heterocycles. The van der Waals surface area contributed by atoms with Crippen LogP contribution in [0, 0.1) is 5.82 Å². The molecule has 0 radical (unpaired) electrons. The molecule has 0 aliphatic carbocycles. The quantitative estimate of drug-likeness (QED) is 0.618. The number of amides is 1. The lowest BCUT2D eigenvalue weighted by Gasteiger charge is -2.34. The van der Waals surface area contributed by atoms with E-state index in [1.165, 1.54) is 29.5 Å². The van der Waals surface area contributed by atoms with Gasteiger partial charge in [-0.15, -0.1) is 0 Å². The van der Waals surface area contributed by atoms with Crippen molar-refractivity contribution in [3.05, 3.63) is 46.7 Å². The second-order valence-electron chi connectivity index (χ2n) is 6.52. The average Bonchev–Trinajstić information content (AvgIpc) is 3.18. The predicted octanol–water partition coefficient (Wildman–Crippen LogP) is 4.07. The monoisotopic (exact) mass is 435 g/mol. The van der Waals surface area contributed by atoms with Crippen LogP contribution in [0.15, 0.2) is 30.3 Å². The van der Waals surface area contributed by atoms with Gasteiger partial charge in [0.1, 0.15) is 27.5 Å². The molecule has 0 atom stereocenters. The summed E-state index contributed by atoms with van der Waals surface area (Å²) in [5, 5.41) is 0.960. The summed E-state index contributed by atoms with van der Waals surface area (Å²) in [6.45, 7) is 2.08. The fraction of sp³-hybridized carbons (Fsp3) is 0.300. The molecule has 0 saturated carbocycles. The zero-order valence-corrected chi connectivity index (χ0v) is 17.5. The van der Waals surface area contributed by atoms with E-state index in [1.54, 1.807) is 19.1 Å². The lowest BCUT2D eigenvalue weighted by molar-refractivity contribution is 0.0742. The Labute approximate surface area is 176 Å². The Morgan fingerprint density at radius 1 is 1.10 bits per heavy atom. The number of hydrogen-bond donors (Lipinski definition) is 0. The summed E-state index contributed by atoms with van der Waals surface area (Å²) in [6, 6.07) is 7.95. The highest BCUT2D eigenvalue weighted by atomic mass is 35.5. The van der Waals surface area contributed by atoms with Gasteiger partial charge < -0.3 is 19.3 Å². The lowest BCUT2D eigenvalue weighted by Crippen LogP contribution is -2.49. The molecule has 1 aliphatic heterocycles. The van der Waals surface area contributed by atoms with Crippen LogP contribution in [0.1, 0.15) is 10.4 Å². The number of carbonyl (C=O) groups excluding carboxylic acids is 1. The minimum Gasteiger partial charge on any atom is -0.495 e. The van der Waals surface area contributed by atoms with Crippen LogP contribution < -0.4 is 14.4 Å². The van der Waals surface area contributed by atoms with E-state index in [4.69, 9.17) is 26.1 Å². The number of rotatable bonds is 4. The molecule has 1 aliphatic rings. The Bertz CT molecular complexity index is 1010. The van der Waals surface area contributed by atoms with Gasteiger partial charge in [0, 0.05) is 26.2 Å². The zero-order valence-electron chi connectivity index (χ0n) is 15.9. The molecule has 29 heavy (non-hydrogen) atoms. The number of piperazine rings is 1. The van der Waals surface area contributed by atoms with Crippen LogP contribution in [-0.2, 0) is 0 Å². The number of thiazole rings is 1. The van der Waals surface area contributed by atoms with Crippen molar-refractivity contribution in [2.45, 2.75) is 0 Å². The summed E-state index contributed by atoms with van der Waals surface area (Å²) in [5.74, 6) is 0.439. The Morgan fingerprint density at radius 2 is 1.79 bits per heavy atom. The predicted molar refractivity (Wildman–Crippen MR) is 112 cm³/mol. The molecule has 9 heteroatoms. The van der Waals surface area contributed by atoms with Crippen molar-refractivity contribution < 1.29 is 18.7 Å². The molecule has 3 aromatic rings. The maximum Gasteiger partial charge on any atom is 0.258 e. The van der Waals surface area contributed by atoms with Gasteiger partial charge in [0.15, 0.2) is 5.13 Å². The molecular formula is C20H19ClFN3O3S. The average molecular weight is 436 g/mol. The third-order valence-electron chi connectivity index (χ3n) is 4.91. The first-order valence-corrected chi connectivity index (χ1v) is 10.2. The molecule has 0 N–H and O–H groups in total. The fourth-order valence-electron chi connectivity index (χ4n) is 3.37. The van der Waals surface area contributed by atoms with Gasteiger partial charge in [-0.2, -0.15) is 0 Å². The topological polar surface area (TPSA) is 54.9 Å². The number of carbonyl (C=O) groups is 1. The van der Waals surface area contributed by atoms with Crippen LogP contribution in [0.3, 0.4) is 0 Å². The normalized spacial score (nSPS) is 14.3. The standard InChI is InChI=1S/C20H19ClFN3O3S/c1-27-14-6-7-15(28-2)18-17(14)23-20(29-18)25-10-8-24(9-11-25)19(26)16-12(21)4-3-5-13(16)22/h3-7H,8-11H2,1-2H3. The van der Waals surface area contributed by atoms with Crippen LogP contribution in [0.25, 0.3) is 10.2 Å². The molecule has 2 heterocycles. The Hall–Kier alpha value is -2.58. The molecule has 4 rings (SSSR count). The van der Waals surface area contributed by atoms with Crippen molar-refractivity contribution in [3.63, 3.8) is 0 Å². The smallest absolute Gasteiger partial charge is 0.258 e. The van der Waals surface area contributed by atoms with Gasteiger partial charge in [-0.25, -0.2) is 9.37 Å². The van der Waals surface area contributed by atoms with Crippen LogP contribution >= 0.6 is 22.9 Å². The Balaban J connectivity index is 1.53. The highest BCUT2D eigenvalue weighted by molar-refractivity contribution is 7.22. The van der Waals surface area contributed by atoms with Crippen LogP contribution in [0.5, 0.6) is 11.5 Å². The van der Waals surface area contributed by atoms with Gasteiger partial charge in [-0.3, -0.25) is 4.79 Å². The first-order valence-electron chi connectivity index (χ1n) is 9.03. The largest absolute Gasteiger partial charge is 0.495 e. The summed E-state index contributed by atoms with van der Waals surface area (Å²) in [6.07, 6.45) is 0. The maximum absolute atomic E-state index is 14.1. The molecule has 2 aromatic carbocycles. The van der Waals surface area contributed by atoms with E-state index in [0.29, 0.717) is 31.9 Å². The third-order valence-corrected chi connectivity index (χ3v) is 6.36. The summed E-state index contributed by atoms with van der Waals surface area (Å²) >= 11 is 7.56. The van der Waals surface area contributed by atoms with Gasteiger partial charge in [0.05, 0.1) is 24.8 Å². The number of ether oxygens (including phenoxy) is 2. The maximum atomic E-state index is 14.1. The summed E-state index contributed by atoms with van der Waals surface area (Å²) in [7, 11) is 3.23. The Kier molecular flexibility index (Phi) is 5.47. The SMILES string of the molecule is COc1ccc(OC)c2sc(N3CCN(C(=O)c4c(F)cccc4Cl)CC3)nc12. The highest BCUT2D eigenvalue weighted by Crippen LogP contribution is 2.40. The molecule has 0 spiro atoms. The zero-order chi connectivity index (χ0) is 20.5. The van der Waals surface area contributed by atoms with Crippen molar-refractivity contribution in [1.82, 2.24) is 9.88 Å². The molecule has 0 bridgehead atoms. The number of fused-ring (bicyclic) bond motifs is 1.